The van der Waals surface area contributed by atoms with Crippen LogP contribution in [0, 0.1) is 0 Å². The molecule has 0 unspecified atom stereocenters. The van der Waals surface area contributed by atoms with Crippen molar-refractivity contribution >= 4 is 23.5 Å². The molecule has 0 saturated carbocycles. The Morgan fingerprint density at radius 1 is 1.28 bits per heavy atom. The molecule has 0 amide bonds. The molecule has 2 heterocycles. The van der Waals surface area contributed by atoms with E-state index in [0.717, 1.165) is 5.69 Å². The minimum absolute atomic E-state index is 0.152. The largest absolute Gasteiger partial charge is 0.348 e. The van der Waals surface area contributed by atoms with Crippen molar-refractivity contribution in [3.05, 3.63) is 29.6 Å². The Bertz CT molecular complexity index is 517. The summed E-state index contributed by atoms with van der Waals surface area (Å²) in [6.07, 6.45) is 3.16. The third kappa shape index (κ3) is 3.24. The summed E-state index contributed by atoms with van der Waals surface area (Å²) in [4.78, 5) is 21.9. The molecule has 0 aliphatic rings. The summed E-state index contributed by atoms with van der Waals surface area (Å²) in [5, 5.41) is 3.19. The van der Waals surface area contributed by atoms with Gasteiger partial charge in [-0.3, -0.25) is 0 Å². The number of nitrogens with one attached hydrogen (secondary N) is 1. The topological polar surface area (TPSA) is 79.7 Å². The van der Waals surface area contributed by atoms with Crippen LogP contribution in [-0.2, 0) is 6.54 Å². The fourth-order valence-corrected chi connectivity index (χ4v) is 1.37. The average molecular weight is 266 g/mol. The Morgan fingerprint density at radius 2 is 2.11 bits per heavy atom. The van der Waals surface area contributed by atoms with Gasteiger partial charge < -0.3 is 10.2 Å². The fraction of sp³-hybridized carbons (Fsp3) is 0.300. The predicted octanol–water partition coefficient (Wildman–Crippen LogP) is 0.993. The van der Waals surface area contributed by atoms with Crippen LogP contribution in [0.2, 0.25) is 5.28 Å². The smallest absolute Gasteiger partial charge is 0.230 e. The molecule has 1 N–H and O–H groups in total. The van der Waals surface area contributed by atoms with E-state index in [4.69, 9.17) is 11.6 Å². The van der Waals surface area contributed by atoms with Crippen molar-refractivity contribution in [1.29, 1.82) is 0 Å². The van der Waals surface area contributed by atoms with E-state index in [9.17, 15) is 0 Å². The summed E-state index contributed by atoms with van der Waals surface area (Å²) < 4.78 is 0. The number of anilines is 2. The molecule has 2 aromatic rings. The molecule has 7 nitrogen and oxygen atoms in total. The molecule has 0 aliphatic heterocycles. The Balaban J connectivity index is 2.10. The molecule has 0 radical (unpaired) electrons. The van der Waals surface area contributed by atoms with Crippen molar-refractivity contribution < 1.29 is 0 Å². The molecule has 0 spiro atoms. The lowest BCUT2D eigenvalue weighted by Crippen LogP contribution is -2.15. The standard InChI is InChI=1S/C10H12ClN7/c1-18(2)10-16-8(11)15-9(17-10)13-5-7-3-4-12-6-14-7/h3-4,6H,5H2,1-2H3,(H,13,15,16,17). The second-order valence-corrected chi connectivity index (χ2v) is 4.01. The third-order valence-electron chi connectivity index (χ3n) is 2.07. The highest BCUT2D eigenvalue weighted by atomic mass is 35.5. The molecule has 0 atom stereocenters. The van der Waals surface area contributed by atoms with E-state index in [1.165, 1.54) is 6.33 Å². The first-order chi connectivity index (χ1) is 8.65. The first-order valence-corrected chi connectivity index (χ1v) is 5.60. The van der Waals surface area contributed by atoms with Crippen LogP contribution >= 0.6 is 11.6 Å². The van der Waals surface area contributed by atoms with Gasteiger partial charge in [-0.2, -0.15) is 15.0 Å². The lowest BCUT2D eigenvalue weighted by atomic mass is 10.4. The summed E-state index contributed by atoms with van der Waals surface area (Å²) in [6, 6.07) is 1.81. The maximum atomic E-state index is 5.82. The van der Waals surface area contributed by atoms with Gasteiger partial charge in [0.1, 0.15) is 6.33 Å². The van der Waals surface area contributed by atoms with Crippen LogP contribution < -0.4 is 10.2 Å². The molecule has 8 heteroatoms. The monoisotopic (exact) mass is 265 g/mol. The maximum Gasteiger partial charge on any atom is 0.230 e. The summed E-state index contributed by atoms with van der Waals surface area (Å²) in [7, 11) is 3.67. The van der Waals surface area contributed by atoms with Crippen LogP contribution in [0.25, 0.3) is 0 Å². The second kappa shape index (κ2) is 5.54. The van der Waals surface area contributed by atoms with Crippen LogP contribution in [0.5, 0.6) is 0 Å². The van der Waals surface area contributed by atoms with Gasteiger partial charge in [-0.05, 0) is 17.7 Å². The lowest BCUT2D eigenvalue weighted by Gasteiger charge is -2.11. The summed E-state index contributed by atoms with van der Waals surface area (Å²) in [5.41, 5.74) is 0.841. The molecule has 0 bridgehead atoms. The van der Waals surface area contributed by atoms with Gasteiger partial charge in [-0.25, -0.2) is 9.97 Å². The maximum absolute atomic E-state index is 5.82. The molecule has 94 valence electrons. The van der Waals surface area contributed by atoms with Crippen molar-refractivity contribution in [2.24, 2.45) is 0 Å². The highest BCUT2D eigenvalue weighted by Crippen LogP contribution is 2.11. The first-order valence-electron chi connectivity index (χ1n) is 5.23. The van der Waals surface area contributed by atoms with E-state index >= 15 is 0 Å². The normalized spacial score (nSPS) is 10.2. The second-order valence-electron chi connectivity index (χ2n) is 3.68. The Kier molecular flexibility index (Phi) is 3.83. The molecule has 2 aromatic heterocycles. The predicted molar refractivity (Wildman–Crippen MR) is 68.5 cm³/mol. The van der Waals surface area contributed by atoms with Gasteiger partial charge in [0, 0.05) is 20.3 Å². The Hall–Kier alpha value is -2.02. The van der Waals surface area contributed by atoms with Gasteiger partial charge in [-0.15, -0.1) is 0 Å². The van der Waals surface area contributed by atoms with E-state index in [1.54, 1.807) is 11.1 Å². The van der Waals surface area contributed by atoms with Gasteiger partial charge in [0.15, 0.2) is 0 Å². The summed E-state index contributed by atoms with van der Waals surface area (Å²) in [6.45, 7) is 0.496. The minimum Gasteiger partial charge on any atom is -0.348 e. The number of hydrogen-bond donors (Lipinski definition) is 1. The number of aromatic nitrogens is 5. The highest BCUT2D eigenvalue weighted by Gasteiger charge is 2.06. The third-order valence-corrected chi connectivity index (χ3v) is 2.24. The summed E-state index contributed by atoms with van der Waals surface area (Å²) >= 11 is 5.82. The van der Waals surface area contributed by atoms with Gasteiger partial charge in [0.05, 0.1) is 12.2 Å². The van der Waals surface area contributed by atoms with Gasteiger partial charge >= 0.3 is 0 Å². The minimum atomic E-state index is 0.152. The van der Waals surface area contributed by atoms with Gasteiger partial charge in [-0.1, -0.05) is 0 Å². The van der Waals surface area contributed by atoms with Crippen molar-refractivity contribution in [2.45, 2.75) is 6.54 Å². The SMILES string of the molecule is CN(C)c1nc(Cl)nc(NCc2ccncn2)n1. The average Bonchev–Trinajstić information content (AvgIpc) is 2.37. The highest BCUT2D eigenvalue weighted by molar-refractivity contribution is 6.28. The molecule has 0 fully saturated rings. The molecule has 18 heavy (non-hydrogen) atoms. The van der Waals surface area contributed by atoms with Crippen molar-refractivity contribution in [1.82, 2.24) is 24.9 Å². The van der Waals surface area contributed by atoms with E-state index < -0.39 is 0 Å². The van der Waals surface area contributed by atoms with Crippen LogP contribution in [0.4, 0.5) is 11.9 Å². The van der Waals surface area contributed by atoms with E-state index in [1.807, 2.05) is 20.2 Å². The van der Waals surface area contributed by atoms with E-state index in [2.05, 4.69) is 30.2 Å². The van der Waals surface area contributed by atoms with Crippen LogP contribution in [-0.4, -0.2) is 39.0 Å². The summed E-state index contributed by atoms with van der Waals surface area (Å²) in [5.74, 6) is 0.914. The first kappa shape index (κ1) is 12.4. The Morgan fingerprint density at radius 3 is 2.78 bits per heavy atom. The number of rotatable bonds is 4. The van der Waals surface area contributed by atoms with E-state index in [0.29, 0.717) is 18.4 Å². The number of hydrogen-bond acceptors (Lipinski definition) is 7. The molecule has 2 rings (SSSR count). The number of halogens is 1. The van der Waals surface area contributed by atoms with Crippen molar-refractivity contribution in [3.63, 3.8) is 0 Å². The molecular weight excluding hydrogens is 254 g/mol. The molecule has 0 aliphatic carbocycles. The number of nitrogens with zero attached hydrogens (tertiary/aromatic N) is 6. The van der Waals surface area contributed by atoms with Crippen LogP contribution in [0.3, 0.4) is 0 Å². The van der Waals surface area contributed by atoms with Crippen LogP contribution in [0.1, 0.15) is 5.69 Å². The van der Waals surface area contributed by atoms with Gasteiger partial charge in [0.2, 0.25) is 17.2 Å². The van der Waals surface area contributed by atoms with Crippen LogP contribution in [0.15, 0.2) is 18.6 Å². The molecule has 0 saturated heterocycles. The zero-order chi connectivity index (χ0) is 13.0. The fourth-order valence-electron chi connectivity index (χ4n) is 1.21. The zero-order valence-corrected chi connectivity index (χ0v) is 10.8. The van der Waals surface area contributed by atoms with Crippen molar-refractivity contribution in [3.8, 4) is 0 Å². The Labute approximate surface area is 109 Å². The van der Waals surface area contributed by atoms with E-state index in [-0.39, 0.29) is 5.28 Å². The van der Waals surface area contributed by atoms with Gasteiger partial charge in [0.25, 0.3) is 0 Å². The van der Waals surface area contributed by atoms with Crippen molar-refractivity contribution in [2.75, 3.05) is 24.3 Å². The zero-order valence-electron chi connectivity index (χ0n) is 10.0. The molecular formula is C10H12ClN7. The molecule has 0 aromatic carbocycles. The lowest BCUT2D eigenvalue weighted by molar-refractivity contribution is 0.928. The quantitative estimate of drug-likeness (QED) is 0.883.